The fraction of sp³-hybridized carbons (Fsp3) is 0.538. The zero-order chi connectivity index (χ0) is 15.6. The maximum Gasteiger partial charge on any atom is 0.312 e. The van der Waals surface area contributed by atoms with Crippen LogP contribution in [0.2, 0.25) is 0 Å². The molecule has 21 heavy (non-hydrogen) atoms. The zero-order valence-corrected chi connectivity index (χ0v) is 12.1. The molecule has 1 aromatic heterocycles. The van der Waals surface area contributed by atoms with Crippen LogP contribution in [0, 0.1) is 22.0 Å². The standard InChI is InChI=1S/C13H19N5O3/c1-8(2)9-3-4-17(7-9)13-11(18(20)21)5-10(6-15-13)12(14)16-19/h5-6,8-9,19H,3-4,7H2,1-2H3,(H2,14,16). The van der Waals surface area contributed by atoms with Crippen molar-refractivity contribution in [2.24, 2.45) is 22.7 Å². The molecule has 0 spiro atoms. The first-order valence-corrected chi connectivity index (χ1v) is 6.81. The Hall–Kier alpha value is -2.38. The van der Waals surface area contributed by atoms with Gasteiger partial charge >= 0.3 is 5.69 Å². The van der Waals surface area contributed by atoms with Gasteiger partial charge in [0.05, 0.1) is 4.92 Å². The lowest BCUT2D eigenvalue weighted by Crippen LogP contribution is -2.24. The Morgan fingerprint density at radius 1 is 1.67 bits per heavy atom. The molecule has 1 aromatic rings. The Labute approximate surface area is 122 Å². The summed E-state index contributed by atoms with van der Waals surface area (Å²) in [5.41, 5.74) is 5.56. The van der Waals surface area contributed by atoms with Crippen molar-refractivity contribution in [1.82, 2.24) is 4.98 Å². The summed E-state index contributed by atoms with van der Waals surface area (Å²) >= 11 is 0. The van der Waals surface area contributed by atoms with Crippen LogP contribution in [0.25, 0.3) is 0 Å². The van der Waals surface area contributed by atoms with Gasteiger partial charge in [0.1, 0.15) is 0 Å². The van der Waals surface area contributed by atoms with Crippen molar-refractivity contribution < 1.29 is 10.1 Å². The van der Waals surface area contributed by atoms with Gasteiger partial charge in [0.2, 0.25) is 5.82 Å². The van der Waals surface area contributed by atoms with Crippen LogP contribution >= 0.6 is 0 Å². The van der Waals surface area contributed by atoms with Crippen LogP contribution < -0.4 is 10.6 Å². The fourth-order valence-electron chi connectivity index (χ4n) is 2.55. The minimum atomic E-state index is -0.487. The molecule has 2 heterocycles. The molecule has 0 aliphatic carbocycles. The van der Waals surface area contributed by atoms with Crippen LogP contribution in [0.15, 0.2) is 17.4 Å². The summed E-state index contributed by atoms with van der Waals surface area (Å²) in [6.07, 6.45) is 2.39. The Kier molecular flexibility index (Phi) is 4.25. The van der Waals surface area contributed by atoms with Gasteiger partial charge in [-0.2, -0.15) is 0 Å². The highest BCUT2D eigenvalue weighted by atomic mass is 16.6. The van der Waals surface area contributed by atoms with Gasteiger partial charge in [0.15, 0.2) is 5.84 Å². The van der Waals surface area contributed by atoms with E-state index in [9.17, 15) is 10.1 Å². The van der Waals surface area contributed by atoms with Crippen LogP contribution in [0.3, 0.4) is 0 Å². The lowest BCUT2D eigenvalue weighted by molar-refractivity contribution is -0.384. The van der Waals surface area contributed by atoms with Crippen molar-refractivity contribution in [2.45, 2.75) is 20.3 Å². The highest BCUT2D eigenvalue weighted by molar-refractivity contribution is 5.97. The molecule has 3 N–H and O–H groups in total. The molecule has 1 aliphatic heterocycles. The highest BCUT2D eigenvalue weighted by Gasteiger charge is 2.30. The Morgan fingerprint density at radius 3 is 2.90 bits per heavy atom. The summed E-state index contributed by atoms with van der Waals surface area (Å²) in [5, 5.41) is 22.7. The summed E-state index contributed by atoms with van der Waals surface area (Å²) < 4.78 is 0. The SMILES string of the molecule is CC(C)C1CCN(c2ncc(C(N)=NO)cc2[N+](=O)[O-])C1. The van der Waals surface area contributed by atoms with Gasteiger partial charge in [-0.25, -0.2) is 4.98 Å². The van der Waals surface area contributed by atoms with E-state index in [1.165, 1.54) is 12.3 Å². The number of pyridine rings is 1. The molecule has 1 unspecified atom stereocenters. The average Bonchev–Trinajstić information content (AvgIpc) is 2.95. The number of amidine groups is 1. The van der Waals surface area contributed by atoms with Crippen LogP contribution in [0.1, 0.15) is 25.8 Å². The topological polar surface area (TPSA) is 118 Å². The first kappa shape index (κ1) is 15.0. The van der Waals surface area contributed by atoms with Crippen molar-refractivity contribution in [3.63, 3.8) is 0 Å². The van der Waals surface area contributed by atoms with E-state index in [1.807, 2.05) is 4.90 Å². The van der Waals surface area contributed by atoms with E-state index in [1.54, 1.807) is 0 Å². The quantitative estimate of drug-likeness (QED) is 0.286. The minimum Gasteiger partial charge on any atom is -0.409 e. The third kappa shape index (κ3) is 3.04. The second-order valence-corrected chi connectivity index (χ2v) is 5.55. The van der Waals surface area contributed by atoms with Crippen LogP contribution in [-0.2, 0) is 0 Å². The number of hydrogen-bond acceptors (Lipinski definition) is 6. The smallest absolute Gasteiger partial charge is 0.312 e. The number of rotatable bonds is 4. The van der Waals surface area contributed by atoms with Crippen molar-refractivity contribution in [3.8, 4) is 0 Å². The maximum absolute atomic E-state index is 11.3. The predicted molar refractivity (Wildman–Crippen MR) is 78.6 cm³/mol. The second-order valence-electron chi connectivity index (χ2n) is 5.55. The molecule has 8 heteroatoms. The Bertz CT molecular complexity index is 573. The highest BCUT2D eigenvalue weighted by Crippen LogP contribution is 2.32. The fourth-order valence-corrected chi connectivity index (χ4v) is 2.55. The molecule has 0 radical (unpaired) electrons. The van der Waals surface area contributed by atoms with Crippen LogP contribution in [0.5, 0.6) is 0 Å². The molecule has 1 fully saturated rings. The van der Waals surface area contributed by atoms with E-state index in [0.29, 0.717) is 17.7 Å². The zero-order valence-electron chi connectivity index (χ0n) is 12.1. The van der Waals surface area contributed by atoms with E-state index in [-0.39, 0.29) is 17.1 Å². The molecule has 2 rings (SSSR count). The van der Waals surface area contributed by atoms with E-state index in [4.69, 9.17) is 10.9 Å². The molecule has 1 atom stereocenters. The van der Waals surface area contributed by atoms with Crippen LogP contribution in [-0.4, -0.2) is 34.0 Å². The summed E-state index contributed by atoms with van der Waals surface area (Å²) in [7, 11) is 0. The minimum absolute atomic E-state index is 0.122. The number of nitrogens with two attached hydrogens (primary N) is 1. The second kappa shape index (κ2) is 5.94. The summed E-state index contributed by atoms with van der Waals surface area (Å²) in [6.45, 7) is 5.81. The first-order valence-electron chi connectivity index (χ1n) is 6.81. The van der Waals surface area contributed by atoms with Gasteiger partial charge in [0, 0.05) is 30.9 Å². The molecule has 0 saturated carbocycles. The number of aromatic nitrogens is 1. The molecule has 0 bridgehead atoms. The van der Waals surface area contributed by atoms with Crippen molar-refractivity contribution in [2.75, 3.05) is 18.0 Å². The average molecular weight is 293 g/mol. The van der Waals surface area contributed by atoms with Crippen molar-refractivity contribution in [1.29, 1.82) is 0 Å². The van der Waals surface area contributed by atoms with E-state index in [0.717, 1.165) is 19.5 Å². The number of nitro groups is 1. The number of oxime groups is 1. The first-order chi connectivity index (χ1) is 9.93. The van der Waals surface area contributed by atoms with Gasteiger partial charge in [-0.1, -0.05) is 19.0 Å². The van der Waals surface area contributed by atoms with E-state index in [2.05, 4.69) is 24.0 Å². The van der Waals surface area contributed by atoms with Crippen molar-refractivity contribution >= 4 is 17.3 Å². The van der Waals surface area contributed by atoms with E-state index >= 15 is 0 Å². The number of nitrogens with zero attached hydrogens (tertiary/aromatic N) is 4. The molecular formula is C13H19N5O3. The number of hydrogen-bond donors (Lipinski definition) is 2. The largest absolute Gasteiger partial charge is 0.409 e. The maximum atomic E-state index is 11.3. The van der Waals surface area contributed by atoms with Gasteiger partial charge < -0.3 is 15.8 Å². The molecule has 1 aliphatic rings. The molecule has 1 saturated heterocycles. The Balaban J connectivity index is 2.34. The predicted octanol–water partition coefficient (Wildman–Crippen LogP) is 1.57. The lowest BCUT2D eigenvalue weighted by atomic mass is 9.95. The van der Waals surface area contributed by atoms with Gasteiger partial charge in [-0.3, -0.25) is 10.1 Å². The monoisotopic (exact) mass is 293 g/mol. The normalized spacial score (nSPS) is 19.3. The van der Waals surface area contributed by atoms with Gasteiger partial charge in [0.25, 0.3) is 0 Å². The summed E-state index contributed by atoms with van der Waals surface area (Å²) in [4.78, 5) is 16.9. The van der Waals surface area contributed by atoms with Gasteiger partial charge in [-0.15, -0.1) is 0 Å². The van der Waals surface area contributed by atoms with Crippen molar-refractivity contribution in [3.05, 3.63) is 27.9 Å². The Morgan fingerprint density at radius 2 is 2.38 bits per heavy atom. The molecule has 0 amide bonds. The molecule has 0 aromatic carbocycles. The van der Waals surface area contributed by atoms with E-state index < -0.39 is 4.92 Å². The lowest BCUT2D eigenvalue weighted by Gasteiger charge is -2.19. The molecule has 114 valence electrons. The molecular weight excluding hydrogens is 274 g/mol. The summed E-state index contributed by atoms with van der Waals surface area (Å²) in [6, 6.07) is 1.29. The van der Waals surface area contributed by atoms with Gasteiger partial charge in [-0.05, 0) is 18.3 Å². The number of anilines is 1. The molecule has 8 nitrogen and oxygen atoms in total. The van der Waals surface area contributed by atoms with Crippen LogP contribution in [0.4, 0.5) is 11.5 Å². The summed E-state index contributed by atoms with van der Waals surface area (Å²) in [5.74, 6) is 1.19. The third-order valence-corrected chi connectivity index (χ3v) is 3.91. The third-order valence-electron chi connectivity index (χ3n) is 3.91.